The molecule has 0 aromatic heterocycles. The number of β-amino-alcohol motifs (C(OH)–C–C–N with tert-alkyl or cyclic N) is 1. The van der Waals surface area contributed by atoms with E-state index in [-0.39, 0.29) is 18.6 Å². The van der Waals surface area contributed by atoms with Gasteiger partial charge in [-0.05, 0) is 57.6 Å². The van der Waals surface area contributed by atoms with Gasteiger partial charge >= 0.3 is 12.4 Å². The Kier molecular flexibility index (Phi) is 7.62. The van der Waals surface area contributed by atoms with E-state index in [1.165, 1.54) is 12.1 Å². The van der Waals surface area contributed by atoms with Gasteiger partial charge in [0.25, 0.3) is 0 Å². The van der Waals surface area contributed by atoms with Gasteiger partial charge in [0.15, 0.2) is 6.10 Å². The number of hydrogen-bond donors (Lipinski definition) is 2. The highest BCUT2D eigenvalue weighted by molar-refractivity contribution is 5.27. The van der Waals surface area contributed by atoms with Gasteiger partial charge in [-0.15, -0.1) is 0 Å². The minimum atomic E-state index is -4.77. The van der Waals surface area contributed by atoms with E-state index in [2.05, 4.69) is 5.32 Å². The van der Waals surface area contributed by atoms with Gasteiger partial charge in [0, 0.05) is 12.1 Å². The van der Waals surface area contributed by atoms with Crippen molar-refractivity contribution in [3.63, 3.8) is 0 Å². The molecule has 0 heterocycles. The zero-order chi connectivity index (χ0) is 21.9. The summed E-state index contributed by atoms with van der Waals surface area (Å²) in [6, 6.07) is 4.81. The third-order valence-electron chi connectivity index (χ3n) is 5.11. The standard InChI is InChI=1S/C20H27F6NO2/c1-13(2)29-16-7-4-8-18(11-16,27-12-17(28)20(24,25)26)10-14-5-3-6-15(9-14)19(21,22)23/h3,5-6,9,13,16-17,27-28H,4,7-8,10-12H2,1-2H3. The SMILES string of the molecule is CC(C)OC1CCCC(Cc2cccc(C(F)(F)F)c2)(NCC(O)C(F)(F)F)C1. The molecule has 2 N–H and O–H groups in total. The monoisotopic (exact) mass is 427 g/mol. The summed E-state index contributed by atoms with van der Waals surface area (Å²) in [6.45, 7) is 2.98. The smallest absolute Gasteiger partial charge is 0.382 e. The Morgan fingerprint density at radius 1 is 1.21 bits per heavy atom. The maximum atomic E-state index is 13.0. The predicted octanol–water partition coefficient (Wildman–Crippen LogP) is 4.87. The van der Waals surface area contributed by atoms with Crippen molar-refractivity contribution >= 4 is 0 Å². The number of nitrogens with one attached hydrogen (secondary N) is 1. The molecule has 9 heteroatoms. The molecular formula is C20H27F6NO2. The molecule has 2 rings (SSSR count). The normalized spacial score (nSPS) is 24.7. The molecule has 3 unspecified atom stereocenters. The lowest BCUT2D eigenvalue weighted by atomic mass is 9.75. The van der Waals surface area contributed by atoms with Gasteiger partial charge in [-0.3, -0.25) is 0 Å². The fourth-order valence-electron chi connectivity index (χ4n) is 3.87. The molecule has 0 amide bonds. The van der Waals surface area contributed by atoms with Crippen LogP contribution in [0.3, 0.4) is 0 Å². The van der Waals surface area contributed by atoms with Crippen molar-refractivity contribution in [3.05, 3.63) is 35.4 Å². The fraction of sp³-hybridized carbons (Fsp3) is 0.700. The van der Waals surface area contributed by atoms with Crippen LogP contribution in [0.15, 0.2) is 24.3 Å². The second kappa shape index (κ2) is 9.22. The van der Waals surface area contributed by atoms with Crippen LogP contribution in [0, 0.1) is 0 Å². The summed E-state index contributed by atoms with van der Waals surface area (Å²) in [5.41, 5.74) is -1.32. The highest BCUT2D eigenvalue weighted by atomic mass is 19.4. The first-order valence-electron chi connectivity index (χ1n) is 9.62. The van der Waals surface area contributed by atoms with Gasteiger partial charge in [-0.2, -0.15) is 26.3 Å². The van der Waals surface area contributed by atoms with Crippen LogP contribution >= 0.6 is 0 Å². The first-order valence-corrected chi connectivity index (χ1v) is 9.62. The van der Waals surface area contributed by atoms with E-state index >= 15 is 0 Å². The van der Waals surface area contributed by atoms with Crippen molar-refractivity contribution in [1.82, 2.24) is 5.32 Å². The van der Waals surface area contributed by atoms with Crippen LogP contribution in [0.4, 0.5) is 26.3 Å². The molecule has 1 aliphatic carbocycles. The minimum absolute atomic E-state index is 0.0786. The number of aliphatic hydroxyl groups excluding tert-OH is 1. The molecule has 0 saturated heterocycles. The number of aliphatic hydroxyl groups is 1. The van der Waals surface area contributed by atoms with Crippen LogP contribution in [0.2, 0.25) is 0 Å². The van der Waals surface area contributed by atoms with E-state index in [1.54, 1.807) is 0 Å². The zero-order valence-corrected chi connectivity index (χ0v) is 16.4. The van der Waals surface area contributed by atoms with Crippen LogP contribution in [-0.4, -0.2) is 41.7 Å². The topological polar surface area (TPSA) is 41.5 Å². The van der Waals surface area contributed by atoms with Crippen LogP contribution < -0.4 is 5.32 Å². The maximum Gasteiger partial charge on any atom is 0.416 e. The van der Waals surface area contributed by atoms with Gasteiger partial charge in [0.05, 0.1) is 17.8 Å². The third kappa shape index (κ3) is 7.15. The van der Waals surface area contributed by atoms with Crippen LogP contribution in [-0.2, 0) is 17.3 Å². The molecular weight excluding hydrogens is 400 g/mol. The van der Waals surface area contributed by atoms with Crippen LogP contribution in [0.25, 0.3) is 0 Å². The average Bonchev–Trinajstić information content (AvgIpc) is 2.58. The van der Waals surface area contributed by atoms with E-state index in [1.807, 2.05) is 13.8 Å². The number of rotatable bonds is 7. The lowest BCUT2D eigenvalue weighted by molar-refractivity contribution is -0.203. The fourth-order valence-corrected chi connectivity index (χ4v) is 3.87. The summed E-state index contributed by atoms with van der Waals surface area (Å²) < 4.78 is 83.2. The second-order valence-electron chi connectivity index (χ2n) is 8.00. The molecule has 0 spiro atoms. The Morgan fingerprint density at radius 3 is 2.48 bits per heavy atom. The number of halogens is 6. The van der Waals surface area contributed by atoms with E-state index in [4.69, 9.17) is 4.74 Å². The number of ether oxygens (including phenoxy) is 1. The molecule has 1 saturated carbocycles. The Bertz CT molecular complexity index is 661. The van der Waals surface area contributed by atoms with Crippen molar-refractivity contribution in [1.29, 1.82) is 0 Å². The quantitative estimate of drug-likeness (QED) is 0.611. The summed E-state index contributed by atoms with van der Waals surface area (Å²) in [5, 5.41) is 12.2. The van der Waals surface area contributed by atoms with Gasteiger partial charge in [0.2, 0.25) is 0 Å². The lowest BCUT2D eigenvalue weighted by Crippen LogP contribution is -2.55. The predicted molar refractivity (Wildman–Crippen MR) is 96.4 cm³/mol. The highest BCUT2D eigenvalue weighted by Gasteiger charge is 2.42. The molecule has 1 aromatic rings. The first-order chi connectivity index (χ1) is 13.3. The molecule has 0 bridgehead atoms. The van der Waals surface area contributed by atoms with Crippen molar-refractivity contribution in [2.75, 3.05) is 6.54 Å². The van der Waals surface area contributed by atoms with Gasteiger partial charge < -0.3 is 15.2 Å². The van der Waals surface area contributed by atoms with Gasteiger partial charge in [-0.25, -0.2) is 0 Å². The molecule has 1 fully saturated rings. The molecule has 1 aromatic carbocycles. The lowest BCUT2D eigenvalue weighted by Gasteiger charge is -2.43. The summed E-state index contributed by atoms with van der Waals surface area (Å²) in [6.07, 6.45) is -9.79. The van der Waals surface area contributed by atoms with Crippen LogP contribution in [0.5, 0.6) is 0 Å². The summed E-state index contributed by atoms with van der Waals surface area (Å²) >= 11 is 0. The third-order valence-corrected chi connectivity index (χ3v) is 5.11. The average molecular weight is 427 g/mol. The van der Waals surface area contributed by atoms with E-state index in [0.717, 1.165) is 18.6 Å². The maximum absolute atomic E-state index is 13.0. The summed E-state index contributed by atoms with van der Waals surface area (Å²) in [7, 11) is 0. The number of hydrogen-bond acceptors (Lipinski definition) is 3. The first kappa shape index (κ1) is 24.0. The van der Waals surface area contributed by atoms with Crippen molar-refractivity contribution < 1.29 is 36.2 Å². The van der Waals surface area contributed by atoms with Gasteiger partial charge in [0.1, 0.15) is 0 Å². The van der Waals surface area contributed by atoms with Crippen molar-refractivity contribution in [2.24, 2.45) is 0 Å². The van der Waals surface area contributed by atoms with E-state index in [0.29, 0.717) is 24.8 Å². The van der Waals surface area contributed by atoms with Crippen molar-refractivity contribution in [3.8, 4) is 0 Å². The Labute approximate surface area is 166 Å². The van der Waals surface area contributed by atoms with Gasteiger partial charge in [-0.1, -0.05) is 18.2 Å². The second-order valence-corrected chi connectivity index (χ2v) is 8.00. The molecule has 29 heavy (non-hydrogen) atoms. The van der Waals surface area contributed by atoms with E-state index < -0.39 is 36.1 Å². The Morgan fingerprint density at radius 2 is 1.90 bits per heavy atom. The zero-order valence-electron chi connectivity index (χ0n) is 16.4. The molecule has 166 valence electrons. The molecule has 3 atom stereocenters. The Hall–Kier alpha value is -1.32. The summed E-state index contributed by atoms with van der Waals surface area (Å²) in [4.78, 5) is 0. The van der Waals surface area contributed by atoms with Crippen molar-refractivity contribution in [2.45, 2.75) is 82.2 Å². The Balaban J connectivity index is 2.25. The highest BCUT2D eigenvalue weighted by Crippen LogP contribution is 2.36. The van der Waals surface area contributed by atoms with E-state index in [9.17, 15) is 31.4 Å². The van der Waals surface area contributed by atoms with Crippen LogP contribution in [0.1, 0.15) is 50.7 Å². The minimum Gasteiger partial charge on any atom is -0.382 e. The largest absolute Gasteiger partial charge is 0.416 e. The molecule has 0 radical (unpaired) electrons. The molecule has 3 nitrogen and oxygen atoms in total. The molecule has 1 aliphatic rings. The number of benzene rings is 1. The molecule has 0 aliphatic heterocycles. The number of alkyl halides is 6. The summed E-state index contributed by atoms with van der Waals surface area (Å²) in [5.74, 6) is 0.